The second kappa shape index (κ2) is 6.51. The molecule has 136 valence electrons. The number of nitrogens with zero attached hydrogens (tertiary/aromatic N) is 4. The third-order valence-electron chi connectivity index (χ3n) is 4.83. The summed E-state index contributed by atoms with van der Waals surface area (Å²) in [6.07, 6.45) is 2.80. The predicted octanol–water partition coefficient (Wildman–Crippen LogP) is 2.45. The van der Waals surface area contributed by atoms with Gasteiger partial charge in [-0.3, -0.25) is 9.78 Å². The van der Waals surface area contributed by atoms with E-state index in [0.717, 1.165) is 21.3 Å². The molecule has 1 saturated heterocycles. The van der Waals surface area contributed by atoms with E-state index < -0.39 is 0 Å². The summed E-state index contributed by atoms with van der Waals surface area (Å²) in [4.78, 5) is 21.9. The Bertz CT molecular complexity index is 1010. The number of nitrogens with one attached hydrogen (secondary N) is 1. The van der Waals surface area contributed by atoms with Crippen LogP contribution in [0.2, 0.25) is 0 Å². The van der Waals surface area contributed by atoms with Crippen molar-refractivity contribution in [2.45, 2.75) is 32.8 Å². The van der Waals surface area contributed by atoms with E-state index in [1.54, 1.807) is 10.9 Å². The van der Waals surface area contributed by atoms with Crippen molar-refractivity contribution in [2.24, 2.45) is 0 Å². The maximum atomic E-state index is 12.5. The van der Waals surface area contributed by atoms with Crippen molar-refractivity contribution >= 4 is 32.9 Å². The van der Waals surface area contributed by atoms with Gasteiger partial charge in [0.05, 0.1) is 11.8 Å². The van der Waals surface area contributed by atoms with Gasteiger partial charge in [0, 0.05) is 23.8 Å². The maximum absolute atomic E-state index is 12.5. The van der Waals surface area contributed by atoms with Gasteiger partial charge >= 0.3 is 0 Å². The van der Waals surface area contributed by atoms with Gasteiger partial charge in [0.1, 0.15) is 5.39 Å². The molecule has 1 aromatic carbocycles. The number of aromatic amines is 1. The summed E-state index contributed by atoms with van der Waals surface area (Å²) >= 11 is 3.50. The summed E-state index contributed by atoms with van der Waals surface area (Å²) in [6, 6.07) is 4.05. The number of anilines is 1. The zero-order valence-corrected chi connectivity index (χ0v) is 16.2. The number of halogens is 1. The molecule has 0 unspecified atom stereocenters. The van der Waals surface area contributed by atoms with Gasteiger partial charge < -0.3 is 10.0 Å². The summed E-state index contributed by atoms with van der Waals surface area (Å²) in [7, 11) is 0. The van der Waals surface area contributed by atoms with E-state index in [9.17, 15) is 9.90 Å². The number of hydrogen-bond donors (Lipinski definition) is 2. The number of hydrogen-bond acceptors (Lipinski definition) is 5. The fraction of sp³-hybridized carbons (Fsp3) is 0.389. The van der Waals surface area contributed by atoms with Crippen LogP contribution in [-0.2, 0) is 0 Å². The van der Waals surface area contributed by atoms with Crippen molar-refractivity contribution in [1.29, 1.82) is 0 Å². The number of aliphatic hydroxyl groups excluding tert-OH is 1. The summed E-state index contributed by atoms with van der Waals surface area (Å²) in [5.41, 5.74) is 3.30. The minimum atomic E-state index is -0.274. The average molecular weight is 418 g/mol. The van der Waals surface area contributed by atoms with E-state index in [4.69, 9.17) is 0 Å². The molecular formula is C18H20BrN5O2. The van der Waals surface area contributed by atoms with Crippen LogP contribution in [0.5, 0.6) is 0 Å². The standard InChI is InChI=1S/C18H20BrN5O2/c1-10-7-12(19)8-11(2)15(10)24-9-14-16(22-24)20-18(21-17(14)26)23-5-3-13(25)4-6-23/h7-9,13,25H,3-6H2,1-2H3,(H,20,21,22,26). The van der Waals surface area contributed by atoms with Crippen LogP contribution in [0.1, 0.15) is 24.0 Å². The van der Waals surface area contributed by atoms with E-state index in [-0.39, 0.29) is 11.7 Å². The fourth-order valence-electron chi connectivity index (χ4n) is 3.51. The molecular weight excluding hydrogens is 398 g/mol. The number of piperidine rings is 1. The lowest BCUT2D eigenvalue weighted by Gasteiger charge is -2.29. The van der Waals surface area contributed by atoms with Gasteiger partial charge in [-0.1, -0.05) is 15.9 Å². The molecule has 0 radical (unpaired) electrons. The van der Waals surface area contributed by atoms with Gasteiger partial charge in [-0.05, 0) is 49.9 Å². The first-order valence-corrected chi connectivity index (χ1v) is 9.41. The van der Waals surface area contributed by atoms with E-state index in [2.05, 4.69) is 31.0 Å². The molecule has 1 fully saturated rings. The molecule has 0 atom stereocenters. The summed E-state index contributed by atoms with van der Waals surface area (Å²) < 4.78 is 2.74. The first-order valence-electron chi connectivity index (χ1n) is 8.62. The van der Waals surface area contributed by atoms with Crippen LogP contribution >= 0.6 is 15.9 Å². The van der Waals surface area contributed by atoms with Crippen LogP contribution in [0.4, 0.5) is 5.95 Å². The van der Waals surface area contributed by atoms with Crippen LogP contribution < -0.4 is 10.5 Å². The van der Waals surface area contributed by atoms with Gasteiger partial charge in [-0.2, -0.15) is 4.98 Å². The van der Waals surface area contributed by atoms with Gasteiger partial charge in [0.15, 0.2) is 5.65 Å². The smallest absolute Gasteiger partial charge is 0.263 e. The highest BCUT2D eigenvalue weighted by Crippen LogP contribution is 2.25. The van der Waals surface area contributed by atoms with Gasteiger partial charge in [0.2, 0.25) is 5.95 Å². The lowest BCUT2D eigenvalue weighted by Crippen LogP contribution is -2.37. The molecule has 0 bridgehead atoms. The normalized spacial score (nSPS) is 15.8. The quantitative estimate of drug-likeness (QED) is 0.668. The van der Waals surface area contributed by atoms with Gasteiger partial charge in [0.25, 0.3) is 5.56 Å². The Morgan fingerprint density at radius 1 is 1.23 bits per heavy atom. The predicted molar refractivity (Wildman–Crippen MR) is 104 cm³/mol. The van der Waals surface area contributed by atoms with E-state index in [0.29, 0.717) is 42.9 Å². The molecule has 1 aliphatic rings. The molecule has 3 heterocycles. The van der Waals surface area contributed by atoms with Crippen LogP contribution in [0, 0.1) is 13.8 Å². The largest absolute Gasteiger partial charge is 0.393 e. The number of aryl methyl sites for hydroxylation is 2. The van der Waals surface area contributed by atoms with Crippen LogP contribution in [0.15, 0.2) is 27.6 Å². The Morgan fingerprint density at radius 2 is 1.88 bits per heavy atom. The molecule has 4 rings (SSSR count). The number of benzene rings is 1. The van der Waals surface area contributed by atoms with Crippen molar-refractivity contribution in [3.05, 3.63) is 44.3 Å². The Kier molecular flexibility index (Phi) is 4.32. The lowest BCUT2D eigenvalue weighted by atomic mass is 10.1. The summed E-state index contributed by atoms with van der Waals surface area (Å²) in [5.74, 6) is 0.518. The molecule has 2 aromatic heterocycles. The second-order valence-electron chi connectivity index (χ2n) is 6.81. The van der Waals surface area contributed by atoms with Crippen LogP contribution in [0.3, 0.4) is 0 Å². The number of rotatable bonds is 2. The molecule has 0 aliphatic carbocycles. The molecule has 26 heavy (non-hydrogen) atoms. The fourth-order valence-corrected chi connectivity index (χ4v) is 4.20. The number of H-pyrrole nitrogens is 1. The first kappa shape index (κ1) is 17.2. The summed E-state index contributed by atoms with van der Waals surface area (Å²) in [6.45, 7) is 5.37. The third kappa shape index (κ3) is 3.03. The minimum absolute atomic E-state index is 0.199. The number of aromatic nitrogens is 4. The van der Waals surface area contributed by atoms with Crippen molar-refractivity contribution in [3.8, 4) is 5.69 Å². The first-order chi connectivity index (χ1) is 12.4. The van der Waals surface area contributed by atoms with E-state index >= 15 is 0 Å². The minimum Gasteiger partial charge on any atom is -0.393 e. The number of fused-ring (bicyclic) bond motifs is 1. The maximum Gasteiger partial charge on any atom is 0.263 e. The zero-order valence-electron chi connectivity index (χ0n) is 14.7. The van der Waals surface area contributed by atoms with E-state index in [1.807, 2.05) is 30.9 Å². The van der Waals surface area contributed by atoms with Gasteiger partial charge in [-0.25, -0.2) is 4.68 Å². The highest BCUT2D eigenvalue weighted by molar-refractivity contribution is 9.10. The Balaban J connectivity index is 1.79. The monoisotopic (exact) mass is 417 g/mol. The Labute approximate surface area is 158 Å². The molecule has 8 heteroatoms. The lowest BCUT2D eigenvalue weighted by molar-refractivity contribution is 0.145. The molecule has 1 aliphatic heterocycles. The van der Waals surface area contributed by atoms with Crippen molar-refractivity contribution in [3.63, 3.8) is 0 Å². The number of aliphatic hydroxyl groups is 1. The Morgan fingerprint density at radius 3 is 2.54 bits per heavy atom. The highest BCUT2D eigenvalue weighted by Gasteiger charge is 2.20. The molecule has 2 N–H and O–H groups in total. The summed E-state index contributed by atoms with van der Waals surface area (Å²) in [5, 5.41) is 14.7. The SMILES string of the molecule is Cc1cc(Br)cc(C)c1-n1cc2c(=O)[nH]c(N3CCC(O)CC3)nc2n1. The Hall–Kier alpha value is -2.19. The van der Waals surface area contributed by atoms with Crippen LogP contribution in [-0.4, -0.2) is 44.0 Å². The third-order valence-corrected chi connectivity index (χ3v) is 5.28. The zero-order chi connectivity index (χ0) is 18.4. The average Bonchev–Trinajstić information content (AvgIpc) is 2.98. The molecule has 7 nitrogen and oxygen atoms in total. The molecule has 0 amide bonds. The van der Waals surface area contributed by atoms with Crippen molar-refractivity contribution in [1.82, 2.24) is 19.7 Å². The van der Waals surface area contributed by atoms with E-state index in [1.165, 1.54) is 0 Å². The van der Waals surface area contributed by atoms with Gasteiger partial charge in [-0.15, -0.1) is 5.10 Å². The van der Waals surface area contributed by atoms with Crippen molar-refractivity contribution in [2.75, 3.05) is 18.0 Å². The molecule has 0 saturated carbocycles. The van der Waals surface area contributed by atoms with Crippen molar-refractivity contribution < 1.29 is 5.11 Å². The topological polar surface area (TPSA) is 87.0 Å². The van der Waals surface area contributed by atoms with Crippen LogP contribution in [0.25, 0.3) is 16.7 Å². The molecule has 3 aromatic rings. The molecule has 0 spiro atoms. The second-order valence-corrected chi connectivity index (χ2v) is 7.72. The highest BCUT2D eigenvalue weighted by atomic mass is 79.9.